The van der Waals surface area contributed by atoms with Crippen LogP contribution in [0.25, 0.3) is 6.08 Å². The molecular formula is C17H13FN2. The fourth-order valence-corrected chi connectivity index (χ4v) is 2.79. The summed E-state index contributed by atoms with van der Waals surface area (Å²) in [6, 6.07) is 15.0. The Morgan fingerprint density at radius 2 is 1.80 bits per heavy atom. The minimum Gasteiger partial charge on any atom is -0.324 e. The van der Waals surface area contributed by atoms with Crippen molar-refractivity contribution in [2.45, 2.75) is 6.04 Å². The second-order valence-electron chi connectivity index (χ2n) is 5.06. The molecule has 2 nitrogen and oxygen atoms in total. The van der Waals surface area contributed by atoms with Gasteiger partial charge >= 0.3 is 0 Å². The number of halogens is 1. The van der Waals surface area contributed by atoms with E-state index in [0.29, 0.717) is 0 Å². The number of benzene rings is 2. The van der Waals surface area contributed by atoms with Gasteiger partial charge in [0.1, 0.15) is 11.7 Å². The number of rotatable bonds is 1. The lowest BCUT2D eigenvalue weighted by atomic mass is 10.1. The fraction of sp³-hybridized carbons (Fsp3) is 0.118. The third kappa shape index (κ3) is 1.74. The highest BCUT2D eigenvalue weighted by atomic mass is 19.1. The van der Waals surface area contributed by atoms with Crippen molar-refractivity contribution in [1.29, 1.82) is 0 Å². The molecule has 4 rings (SSSR count). The second kappa shape index (κ2) is 4.30. The zero-order valence-corrected chi connectivity index (χ0v) is 10.8. The van der Waals surface area contributed by atoms with Crippen molar-refractivity contribution in [2.75, 3.05) is 11.4 Å². The predicted molar refractivity (Wildman–Crippen MR) is 79.4 cm³/mol. The van der Waals surface area contributed by atoms with E-state index < -0.39 is 0 Å². The molecule has 0 fully saturated rings. The average Bonchev–Trinajstić information content (AvgIpc) is 2.92. The van der Waals surface area contributed by atoms with Crippen LogP contribution in [-0.2, 0) is 0 Å². The van der Waals surface area contributed by atoms with E-state index in [1.807, 2.05) is 30.3 Å². The van der Waals surface area contributed by atoms with Gasteiger partial charge in [-0.15, -0.1) is 0 Å². The molecule has 1 atom stereocenters. The SMILES string of the molecule is Fc1ccc(C2CN3C(=N2)C=Cc2ccccc23)cc1. The van der Waals surface area contributed by atoms with Gasteiger partial charge in [0.05, 0.1) is 12.6 Å². The Bertz CT molecular complexity index is 716. The summed E-state index contributed by atoms with van der Waals surface area (Å²) in [5.74, 6) is 0.778. The van der Waals surface area contributed by atoms with Crippen molar-refractivity contribution in [2.24, 2.45) is 4.99 Å². The standard InChI is InChI=1S/C17H13FN2/c18-14-8-5-12(6-9-14)15-11-20-16-4-2-1-3-13(16)7-10-17(20)19-15/h1-10,15H,11H2. The molecule has 0 amide bonds. The molecule has 2 aromatic carbocycles. The Kier molecular flexibility index (Phi) is 2.46. The van der Waals surface area contributed by atoms with E-state index in [0.717, 1.165) is 17.9 Å². The molecule has 0 bridgehead atoms. The van der Waals surface area contributed by atoms with Crippen LogP contribution in [0.3, 0.4) is 0 Å². The minimum atomic E-state index is -0.206. The van der Waals surface area contributed by atoms with Gasteiger partial charge in [-0.1, -0.05) is 30.3 Å². The van der Waals surface area contributed by atoms with Gasteiger partial charge in [-0.05, 0) is 41.5 Å². The Hall–Kier alpha value is -2.42. The summed E-state index contributed by atoms with van der Waals surface area (Å²) in [5.41, 5.74) is 3.46. The number of amidine groups is 1. The molecule has 0 aliphatic carbocycles. The maximum absolute atomic E-state index is 13.0. The Labute approximate surface area is 116 Å². The molecule has 1 unspecified atom stereocenters. The Morgan fingerprint density at radius 3 is 2.65 bits per heavy atom. The molecule has 0 saturated heterocycles. The third-order valence-electron chi connectivity index (χ3n) is 3.81. The van der Waals surface area contributed by atoms with Crippen LogP contribution in [0.5, 0.6) is 0 Å². The van der Waals surface area contributed by atoms with Crippen LogP contribution in [0.1, 0.15) is 17.2 Å². The van der Waals surface area contributed by atoms with Crippen molar-refractivity contribution in [1.82, 2.24) is 0 Å². The highest BCUT2D eigenvalue weighted by Crippen LogP contribution is 2.34. The van der Waals surface area contributed by atoms with E-state index in [1.165, 1.54) is 23.4 Å². The average molecular weight is 264 g/mol. The van der Waals surface area contributed by atoms with Gasteiger partial charge in [0, 0.05) is 5.69 Å². The van der Waals surface area contributed by atoms with Gasteiger partial charge in [0.25, 0.3) is 0 Å². The first-order valence-electron chi connectivity index (χ1n) is 6.69. The summed E-state index contributed by atoms with van der Waals surface area (Å²) in [7, 11) is 0. The Balaban J connectivity index is 1.70. The minimum absolute atomic E-state index is 0.0707. The quantitative estimate of drug-likeness (QED) is 0.764. The molecule has 0 N–H and O–H groups in total. The normalized spacial score (nSPS) is 19.6. The number of para-hydroxylation sites is 1. The molecule has 2 aliphatic heterocycles. The Morgan fingerprint density at radius 1 is 1.00 bits per heavy atom. The van der Waals surface area contributed by atoms with Gasteiger partial charge < -0.3 is 4.90 Å². The molecule has 0 spiro atoms. The van der Waals surface area contributed by atoms with Gasteiger partial charge in [-0.25, -0.2) is 4.39 Å². The lowest BCUT2D eigenvalue weighted by molar-refractivity contribution is 0.625. The van der Waals surface area contributed by atoms with Crippen molar-refractivity contribution in [3.05, 3.63) is 71.6 Å². The van der Waals surface area contributed by atoms with Crippen LogP contribution in [0, 0.1) is 5.82 Å². The summed E-state index contributed by atoms with van der Waals surface area (Å²) >= 11 is 0. The summed E-state index contributed by atoms with van der Waals surface area (Å²) in [6.07, 6.45) is 4.14. The molecule has 2 aliphatic rings. The van der Waals surface area contributed by atoms with Gasteiger partial charge in [0.15, 0.2) is 0 Å². The van der Waals surface area contributed by atoms with E-state index in [-0.39, 0.29) is 11.9 Å². The van der Waals surface area contributed by atoms with E-state index in [9.17, 15) is 4.39 Å². The van der Waals surface area contributed by atoms with Crippen LogP contribution in [0.2, 0.25) is 0 Å². The fourth-order valence-electron chi connectivity index (χ4n) is 2.79. The highest BCUT2D eigenvalue weighted by molar-refractivity contribution is 6.13. The number of fused-ring (bicyclic) bond motifs is 3. The van der Waals surface area contributed by atoms with Crippen molar-refractivity contribution in [3.63, 3.8) is 0 Å². The molecule has 2 aromatic rings. The zero-order chi connectivity index (χ0) is 13.5. The van der Waals surface area contributed by atoms with Crippen molar-refractivity contribution < 1.29 is 4.39 Å². The topological polar surface area (TPSA) is 15.6 Å². The van der Waals surface area contributed by atoms with E-state index >= 15 is 0 Å². The largest absolute Gasteiger partial charge is 0.324 e. The number of anilines is 1. The first kappa shape index (κ1) is 11.4. The van der Waals surface area contributed by atoms with Crippen LogP contribution >= 0.6 is 0 Å². The molecule has 0 radical (unpaired) electrons. The summed E-state index contributed by atoms with van der Waals surface area (Å²) in [6.45, 7) is 0.808. The van der Waals surface area contributed by atoms with Crippen LogP contribution in [0.4, 0.5) is 10.1 Å². The number of hydrogen-bond acceptors (Lipinski definition) is 2. The van der Waals surface area contributed by atoms with E-state index in [4.69, 9.17) is 4.99 Å². The van der Waals surface area contributed by atoms with Crippen LogP contribution in [0.15, 0.2) is 59.6 Å². The lowest BCUT2D eigenvalue weighted by Crippen LogP contribution is -2.28. The summed E-state index contributed by atoms with van der Waals surface area (Å²) < 4.78 is 13.0. The summed E-state index contributed by atoms with van der Waals surface area (Å²) in [5, 5.41) is 0. The van der Waals surface area contributed by atoms with Crippen molar-refractivity contribution >= 4 is 17.6 Å². The molecule has 2 heterocycles. The maximum atomic E-state index is 13.0. The maximum Gasteiger partial charge on any atom is 0.128 e. The molecule has 0 aromatic heterocycles. The van der Waals surface area contributed by atoms with Crippen LogP contribution < -0.4 is 4.90 Å². The van der Waals surface area contributed by atoms with Crippen molar-refractivity contribution in [3.8, 4) is 0 Å². The first-order valence-corrected chi connectivity index (χ1v) is 6.69. The smallest absolute Gasteiger partial charge is 0.128 e. The molecule has 20 heavy (non-hydrogen) atoms. The predicted octanol–water partition coefficient (Wildman–Crippen LogP) is 3.81. The monoisotopic (exact) mass is 264 g/mol. The zero-order valence-electron chi connectivity index (χ0n) is 10.8. The van der Waals surface area contributed by atoms with Crippen LogP contribution in [-0.4, -0.2) is 12.4 Å². The number of nitrogens with zero attached hydrogens (tertiary/aromatic N) is 2. The molecule has 0 saturated carbocycles. The molecular weight excluding hydrogens is 251 g/mol. The number of aliphatic imine (C=N–C) groups is 1. The number of hydrogen-bond donors (Lipinski definition) is 0. The van der Waals surface area contributed by atoms with E-state index in [2.05, 4.69) is 23.1 Å². The van der Waals surface area contributed by atoms with E-state index in [1.54, 1.807) is 0 Å². The molecule has 3 heteroatoms. The first-order chi connectivity index (χ1) is 9.81. The lowest BCUT2D eigenvalue weighted by Gasteiger charge is -2.24. The third-order valence-corrected chi connectivity index (χ3v) is 3.81. The van der Waals surface area contributed by atoms with Gasteiger partial charge in [0.2, 0.25) is 0 Å². The second-order valence-corrected chi connectivity index (χ2v) is 5.06. The summed E-state index contributed by atoms with van der Waals surface area (Å²) in [4.78, 5) is 6.97. The van der Waals surface area contributed by atoms with Gasteiger partial charge in [-0.2, -0.15) is 0 Å². The van der Waals surface area contributed by atoms with Gasteiger partial charge in [-0.3, -0.25) is 4.99 Å². The molecule has 98 valence electrons. The highest BCUT2D eigenvalue weighted by Gasteiger charge is 2.28.